The molecule has 1 aromatic heterocycles. The van der Waals surface area contributed by atoms with Gasteiger partial charge in [-0.3, -0.25) is 14.3 Å². The molecule has 0 aromatic carbocycles. The number of aromatic amines is 1. The molecule has 12 nitrogen and oxygen atoms in total. The van der Waals surface area contributed by atoms with Gasteiger partial charge in [0.2, 0.25) is 0 Å². The number of H-pyrrole nitrogens is 1. The number of hydrogen-bond donors (Lipinski definition) is 6. The van der Waals surface area contributed by atoms with Crippen molar-refractivity contribution in [3.63, 3.8) is 0 Å². The van der Waals surface area contributed by atoms with Gasteiger partial charge in [0, 0.05) is 13.1 Å². The van der Waals surface area contributed by atoms with E-state index in [-0.39, 0.29) is 5.82 Å². The predicted octanol–water partition coefficient (Wildman–Crippen LogP) is -2.69. The second-order valence-corrected chi connectivity index (χ2v) is 6.02. The van der Waals surface area contributed by atoms with Gasteiger partial charge < -0.3 is 30.1 Å². The van der Waals surface area contributed by atoms with Crippen molar-refractivity contribution in [1.82, 2.24) is 9.55 Å². The third-order valence-corrected chi connectivity index (χ3v) is 3.72. The van der Waals surface area contributed by atoms with Gasteiger partial charge in [-0.1, -0.05) is 0 Å². The van der Waals surface area contributed by atoms with Crippen molar-refractivity contribution in [2.75, 3.05) is 19.0 Å². The summed E-state index contributed by atoms with van der Waals surface area (Å²) < 4.78 is 21.1. The molecular formula is C10H16N3O9P. The van der Waals surface area contributed by atoms with E-state index >= 15 is 0 Å². The Morgan fingerprint density at radius 3 is 2.61 bits per heavy atom. The molecule has 0 saturated carbocycles. The van der Waals surface area contributed by atoms with Crippen LogP contribution >= 0.6 is 7.82 Å². The maximum atomic E-state index is 11.9. The molecule has 23 heavy (non-hydrogen) atoms. The Hall–Kier alpha value is -1.53. The SMILES string of the molecule is CNc1cc(=O)[nH]c(=O)n1[C@@H]1O[C@H](COP(=O)(O)O)[C@H](O)C1O. The molecule has 1 saturated heterocycles. The maximum absolute atomic E-state index is 11.9. The maximum Gasteiger partial charge on any atom is 0.469 e. The molecule has 1 fully saturated rings. The molecule has 1 aliphatic heterocycles. The minimum atomic E-state index is -4.79. The van der Waals surface area contributed by atoms with Crippen LogP contribution in [-0.4, -0.2) is 61.5 Å². The van der Waals surface area contributed by atoms with E-state index in [1.54, 1.807) is 0 Å². The highest BCUT2D eigenvalue weighted by Gasteiger charge is 2.45. The van der Waals surface area contributed by atoms with E-state index in [9.17, 15) is 24.4 Å². The van der Waals surface area contributed by atoms with Crippen molar-refractivity contribution >= 4 is 13.6 Å². The molecule has 0 spiro atoms. The summed E-state index contributed by atoms with van der Waals surface area (Å²) >= 11 is 0. The summed E-state index contributed by atoms with van der Waals surface area (Å²) in [5.41, 5.74) is -1.57. The summed E-state index contributed by atoms with van der Waals surface area (Å²) in [6.45, 7) is -0.702. The van der Waals surface area contributed by atoms with Gasteiger partial charge in [-0.2, -0.15) is 0 Å². The Balaban J connectivity index is 2.30. The van der Waals surface area contributed by atoms with Crippen molar-refractivity contribution in [2.24, 2.45) is 0 Å². The normalized spacial score (nSPS) is 28.0. The molecule has 2 rings (SSSR count). The summed E-state index contributed by atoms with van der Waals surface area (Å²) in [6.07, 6.45) is -5.82. The Morgan fingerprint density at radius 1 is 1.39 bits per heavy atom. The fourth-order valence-corrected chi connectivity index (χ4v) is 2.54. The third kappa shape index (κ3) is 3.87. The average Bonchev–Trinajstić information content (AvgIpc) is 2.71. The second kappa shape index (κ2) is 6.53. The highest BCUT2D eigenvalue weighted by Crippen LogP contribution is 2.38. The van der Waals surface area contributed by atoms with Gasteiger partial charge in [-0.25, -0.2) is 13.9 Å². The molecule has 1 aliphatic rings. The van der Waals surface area contributed by atoms with Crippen molar-refractivity contribution in [3.05, 3.63) is 26.9 Å². The first kappa shape index (κ1) is 17.8. The summed E-state index contributed by atoms with van der Waals surface area (Å²) in [6, 6.07) is 1.04. The number of nitrogens with zero attached hydrogens (tertiary/aromatic N) is 1. The van der Waals surface area contributed by atoms with E-state index in [2.05, 4.69) is 9.84 Å². The van der Waals surface area contributed by atoms with Crippen molar-refractivity contribution in [3.8, 4) is 0 Å². The minimum absolute atomic E-state index is 0.0200. The molecule has 0 bridgehead atoms. The quantitative estimate of drug-likeness (QED) is 0.305. The summed E-state index contributed by atoms with van der Waals surface area (Å²) in [5.74, 6) is 0.0200. The number of phosphoric acid groups is 1. The second-order valence-electron chi connectivity index (χ2n) is 4.78. The molecular weight excluding hydrogens is 337 g/mol. The Labute approximate surface area is 128 Å². The smallest absolute Gasteiger partial charge is 0.387 e. The number of hydrogen-bond acceptors (Lipinski definition) is 8. The molecule has 4 atom stereocenters. The van der Waals surface area contributed by atoms with E-state index < -0.39 is 50.2 Å². The van der Waals surface area contributed by atoms with Crippen LogP contribution < -0.4 is 16.6 Å². The van der Waals surface area contributed by atoms with Gasteiger partial charge in [0.25, 0.3) is 5.56 Å². The van der Waals surface area contributed by atoms with E-state index in [1.165, 1.54) is 7.05 Å². The topological polar surface area (TPSA) is 183 Å². The van der Waals surface area contributed by atoms with E-state index in [4.69, 9.17) is 14.5 Å². The van der Waals surface area contributed by atoms with E-state index in [1.807, 2.05) is 4.98 Å². The lowest BCUT2D eigenvalue weighted by molar-refractivity contribution is -0.0532. The molecule has 13 heteroatoms. The van der Waals surface area contributed by atoms with Gasteiger partial charge >= 0.3 is 13.5 Å². The van der Waals surface area contributed by atoms with Crippen LogP contribution in [0.2, 0.25) is 0 Å². The van der Waals surface area contributed by atoms with Crippen molar-refractivity contribution in [1.29, 1.82) is 0 Å². The fraction of sp³-hybridized carbons (Fsp3) is 0.600. The molecule has 0 radical (unpaired) electrons. The first-order valence-electron chi connectivity index (χ1n) is 6.39. The van der Waals surface area contributed by atoms with Crippen molar-refractivity contribution < 1.29 is 33.8 Å². The number of rotatable bonds is 5. The fourth-order valence-electron chi connectivity index (χ4n) is 2.20. The van der Waals surface area contributed by atoms with Gasteiger partial charge in [0.05, 0.1) is 6.61 Å². The van der Waals surface area contributed by atoms with E-state index in [0.717, 1.165) is 10.6 Å². The number of anilines is 1. The van der Waals surface area contributed by atoms with Crippen LogP contribution in [0.4, 0.5) is 5.82 Å². The number of aliphatic hydroxyl groups excluding tert-OH is 2. The summed E-state index contributed by atoms with van der Waals surface area (Å²) in [4.78, 5) is 42.5. The standard InChI is InChI=1S/C10H16N3O9P/c1-11-5-2-6(14)12-10(17)13(5)9-8(16)7(15)4(22-9)3-21-23(18,19)20/h2,4,7-9,11,15-16H,3H2,1H3,(H,12,14,17)(H2,18,19,20)/t4-,7+,8?,9-/m1/s1. The van der Waals surface area contributed by atoms with Crippen LogP contribution in [-0.2, 0) is 13.8 Å². The molecule has 1 unspecified atom stereocenters. The largest absolute Gasteiger partial charge is 0.469 e. The number of ether oxygens (including phenoxy) is 1. The lowest BCUT2D eigenvalue weighted by atomic mass is 10.1. The number of phosphoric ester groups is 1. The highest BCUT2D eigenvalue weighted by atomic mass is 31.2. The Kier molecular flexibility index (Phi) is 5.06. The lowest BCUT2D eigenvalue weighted by Crippen LogP contribution is -2.39. The van der Waals surface area contributed by atoms with Crippen LogP contribution in [0, 0.1) is 0 Å². The lowest BCUT2D eigenvalue weighted by Gasteiger charge is -2.20. The van der Waals surface area contributed by atoms with Crippen LogP contribution in [0.5, 0.6) is 0 Å². The van der Waals surface area contributed by atoms with E-state index in [0.29, 0.717) is 0 Å². The molecule has 2 heterocycles. The molecule has 0 amide bonds. The minimum Gasteiger partial charge on any atom is -0.387 e. The first-order valence-corrected chi connectivity index (χ1v) is 7.92. The van der Waals surface area contributed by atoms with Gasteiger partial charge in [-0.15, -0.1) is 0 Å². The molecule has 130 valence electrons. The van der Waals surface area contributed by atoms with Crippen LogP contribution in [0.25, 0.3) is 0 Å². The molecule has 0 aliphatic carbocycles. The molecule has 6 N–H and O–H groups in total. The number of aliphatic hydroxyl groups is 2. The first-order chi connectivity index (χ1) is 10.6. The summed E-state index contributed by atoms with van der Waals surface area (Å²) in [5, 5.41) is 22.5. The van der Waals surface area contributed by atoms with Crippen molar-refractivity contribution in [2.45, 2.75) is 24.5 Å². The third-order valence-electron chi connectivity index (χ3n) is 3.23. The van der Waals surface area contributed by atoms with Crippen LogP contribution in [0.15, 0.2) is 15.7 Å². The van der Waals surface area contributed by atoms with Crippen LogP contribution in [0.1, 0.15) is 6.23 Å². The van der Waals surface area contributed by atoms with Gasteiger partial charge in [0.15, 0.2) is 6.23 Å². The molecule has 1 aromatic rings. The number of aromatic nitrogens is 2. The monoisotopic (exact) mass is 353 g/mol. The zero-order valence-electron chi connectivity index (χ0n) is 11.8. The highest BCUT2D eigenvalue weighted by molar-refractivity contribution is 7.46. The van der Waals surface area contributed by atoms with Crippen LogP contribution in [0.3, 0.4) is 0 Å². The Bertz CT molecular complexity index is 725. The average molecular weight is 353 g/mol. The zero-order valence-corrected chi connectivity index (χ0v) is 12.7. The Morgan fingerprint density at radius 2 is 2.04 bits per heavy atom. The predicted molar refractivity (Wildman–Crippen MR) is 74.8 cm³/mol. The number of nitrogens with one attached hydrogen (secondary N) is 2. The van der Waals surface area contributed by atoms with Gasteiger partial charge in [0.1, 0.15) is 24.1 Å². The summed E-state index contributed by atoms with van der Waals surface area (Å²) in [7, 11) is -3.36. The zero-order chi connectivity index (χ0) is 17.4. The van der Waals surface area contributed by atoms with Gasteiger partial charge in [-0.05, 0) is 0 Å².